The van der Waals surface area contributed by atoms with E-state index in [1.807, 2.05) is 13.8 Å². The van der Waals surface area contributed by atoms with E-state index in [1.54, 1.807) is 11.3 Å². The maximum atomic E-state index is 6.09. The molecule has 1 heterocycles. The molecule has 2 N–H and O–H groups in total. The molecule has 0 bridgehead atoms. The molecule has 1 aromatic heterocycles. The summed E-state index contributed by atoms with van der Waals surface area (Å²) in [6.45, 7) is 7.33. The Labute approximate surface area is 108 Å². The zero-order valence-electron chi connectivity index (χ0n) is 10.9. The van der Waals surface area contributed by atoms with Crippen molar-refractivity contribution in [3.8, 4) is 0 Å². The average Bonchev–Trinajstić information content (AvgIpc) is 2.81. The van der Waals surface area contributed by atoms with Crippen molar-refractivity contribution in [2.24, 2.45) is 5.73 Å². The lowest BCUT2D eigenvalue weighted by Crippen LogP contribution is -2.30. The van der Waals surface area contributed by atoms with Crippen molar-refractivity contribution in [1.29, 1.82) is 0 Å². The number of rotatable bonds is 8. The fourth-order valence-corrected chi connectivity index (χ4v) is 2.26. The first-order valence-electron chi connectivity index (χ1n) is 6.16. The van der Waals surface area contributed by atoms with Crippen LogP contribution in [0.4, 0.5) is 0 Å². The van der Waals surface area contributed by atoms with E-state index in [4.69, 9.17) is 15.2 Å². The van der Waals surface area contributed by atoms with Gasteiger partial charge in [-0.05, 0) is 42.7 Å². The monoisotopic (exact) mass is 257 g/mol. The molecule has 2 unspecified atom stereocenters. The van der Waals surface area contributed by atoms with Crippen LogP contribution in [0.2, 0.25) is 0 Å². The highest BCUT2D eigenvalue weighted by Gasteiger charge is 2.19. The summed E-state index contributed by atoms with van der Waals surface area (Å²) >= 11 is 1.67. The quantitative estimate of drug-likeness (QED) is 0.728. The van der Waals surface area contributed by atoms with Crippen LogP contribution in [-0.2, 0) is 9.47 Å². The highest BCUT2D eigenvalue weighted by atomic mass is 32.1. The minimum atomic E-state index is -0.0120. The third-order valence-corrected chi connectivity index (χ3v) is 3.27. The van der Waals surface area contributed by atoms with Gasteiger partial charge >= 0.3 is 0 Å². The summed E-state index contributed by atoms with van der Waals surface area (Å²) in [5, 5.41) is 4.15. The molecular formula is C13H23NO2S. The van der Waals surface area contributed by atoms with Gasteiger partial charge in [-0.25, -0.2) is 0 Å². The third kappa shape index (κ3) is 5.17. The number of hydrogen-bond donors (Lipinski definition) is 1. The van der Waals surface area contributed by atoms with E-state index < -0.39 is 0 Å². The van der Waals surface area contributed by atoms with Crippen molar-refractivity contribution in [1.82, 2.24) is 0 Å². The topological polar surface area (TPSA) is 44.5 Å². The lowest BCUT2D eigenvalue weighted by Gasteiger charge is -2.23. The van der Waals surface area contributed by atoms with Gasteiger partial charge < -0.3 is 15.2 Å². The predicted octanol–water partition coefficient (Wildman–Crippen LogP) is 2.97. The predicted molar refractivity (Wildman–Crippen MR) is 72.4 cm³/mol. The van der Waals surface area contributed by atoms with E-state index in [1.165, 1.54) is 5.56 Å². The van der Waals surface area contributed by atoms with Crippen LogP contribution in [0.25, 0.3) is 0 Å². The Bertz CT molecular complexity index is 288. The Morgan fingerprint density at radius 3 is 2.53 bits per heavy atom. The summed E-state index contributed by atoms with van der Waals surface area (Å²) in [4.78, 5) is 0. The van der Waals surface area contributed by atoms with Gasteiger partial charge in [0.2, 0.25) is 0 Å². The Morgan fingerprint density at radius 2 is 2.00 bits per heavy atom. The molecule has 0 spiro atoms. The summed E-state index contributed by atoms with van der Waals surface area (Å²) in [6.07, 6.45) is 1.14. The van der Waals surface area contributed by atoms with Gasteiger partial charge in [0.05, 0.1) is 25.4 Å². The van der Waals surface area contributed by atoms with E-state index in [0.29, 0.717) is 13.2 Å². The summed E-state index contributed by atoms with van der Waals surface area (Å²) in [6, 6.07) is 2.12. The molecule has 0 aliphatic carbocycles. The molecule has 98 valence electrons. The molecule has 3 nitrogen and oxygen atoms in total. The first-order chi connectivity index (χ1) is 8.15. The Hall–Kier alpha value is -0.420. The van der Waals surface area contributed by atoms with E-state index in [0.717, 1.165) is 6.42 Å². The van der Waals surface area contributed by atoms with Crippen molar-refractivity contribution >= 4 is 11.3 Å². The molecule has 1 aromatic rings. The molecule has 0 saturated heterocycles. The maximum Gasteiger partial charge on any atom is 0.0984 e. The number of ether oxygens (including phenoxy) is 2. The minimum Gasteiger partial charge on any atom is -0.376 e. The summed E-state index contributed by atoms with van der Waals surface area (Å²) in [5.41, 5.74) is 7.26. The van der Waals surface area contributed by atoms with Crippen LogP contribution in [0.1, 0.15) is 38.9 Å². The van der Waals surface area contributed by atoms with E-state index in [-0.39, 0.29) is 18.2 Å². The molecule has 0 aliphatic heterocycles. The molecule has 1 rings (SSSR count). The van der Waals surface area contributed by atoms with E-state index in [9.17, 15) is 0 Å². The van der Waals surface area contributed by atoms with Gasteiger partial charge in [0, 0.05) is 6.04 Å². The molecule has 0 aliphatic rings. The largest absolute Gasteiger partial charge is 0.376 e. The van der Waals surface area contributed by atoms with Crippen LogP contribution in [0.15, 0.2) is 16.8 Å². The SMILES string of the molecule is CCC(N)C(OCCOC(C)C)c1ccsc1. The Balaban J connectivity index is 2.42. The fraction of sp³-hybridized carbons (Fsp3) is 0.692. The van der Waals surface area contributed by atoms with Gasteiger partial charge in [0.25, 0.3) is 0 Å². The second kappa shape index (κ2) is 7.82. The number of hydrogen-bond acceptors (Lipinski definition) is 4. The molecule has 0 fully saturated rings. The van der Waals surface area contributed by atoms with Gasteiger partial charge in [-0.1, -0.05) is 6.92 Å². The van der Waals surface area contributed by atoms with Crippen molar-refractivity contribution in [2.45, 2.75) is 45.4 Å². The second-order valence-corrected chi connectivity index (χ2v) is 5.12. The first-order valence-corrected chi connectivity index (χ1v) is 7.10. The van der Waals surface area contributed by atoms with Crippen LogP contribution < -0.4 is 5.73 Å². The molecule has 0 aromatic carbocycles. The summed E-state index contributed by atoms with van der Waals surface area (Å²) < 4.78 is 11.3. The molecule has 2 atom stereocenters. The zero-order valence-corrected chi connectivity index (χ0v) is 11.7. The van der Waals surface area contributed by atoms with Crippen molar-refractivity contribution in [3.63, 3.8) is 0 Å². The van der Waals surface area contributed by atoms with Gasteiger partial charge in [0.1, 0.15) is 0 Å². The summed E-state index contributed by atoms with van der Waals surface area (Å²) in [5.74, 6) is 0. The van der Waals surface area contributed by atoms with Crippen LogP contribution >= 0.6 is 11.3 Å². The smallest absolute Gasteiger partial charge is 0.0984 e. The minimum absolute atomic E-state index is 0.0120. The first kappa shape index (κ1) is 14.6. The Morgan fingerprint density at radius 1 is 1.29 bits per heavy atom. The third-order valence-electron chi connectivity index (χ3n) is 2.56. The van der Waals surface area contributed by atoms with Crippen LogP contribution in [0.3, 0.4) is 0 Å². The zero-order chi connectivity index (χ0) is 12.7. The lowest BCUT2D eigenvalue weighted by atomic mass is 10.0. The highest BCUT2D eigenvalue weighted by molar-refractivity contribution is 7.07. The Kier molecular flexibility index (Phi) is 6.73. The van der Waals surface area contributed by atoms with E-state index >= 15 is 0 Å². The number of nitrogens with two attached hydrogens (primary N) is 1. The van der Waals surface area contributed by atoms with Gasteiger partial charge in [-0.15, -0.1) is 0 Å². The standard InChI is InChI=1S/C13H23NO2S/c1-4-12(14)13(11-5-8-17-9-11)16-7-6-15-10(2)3/h5,8-10,12-13H,4,6-7,14H2,1-3H3. The van der Waals surface area contributed by atoms with Crippen LogP contribution in [0.5, 0.6) is 0 Å². The molecule has 0 radical (unpaired) electrons. The maximum absolute atomic E-state index is 6.09. The molecule has 17 heavy (non-hydrogen) atoms. The second-order valence-electron chi connectivity index (χ2n) is 4.34. The highest BCUT2D eigenvalue weighted by Crippen LogP contribution is 2.24. The van der Waals surface area contributed by atoms with Crippen molar-refractivity contribution < 1.29 is 9.47 Å². The molecule has 0 saturated carbocycles. The average molecular weight is 257 g/mol. The van der Waals surface area contributed by atoms with Crippen LogP contribution in [0, 0.1) is 0 Å². The van der Waals surface area contributed by atoms with Crippen molar-refractivity contribution in [2.75, 3.05) is 13.2 Å². The van der Waals surface area contributed by atoms with Gasteiger partial charge in [0.15, 0.2) is 0 Å². The van der Waals surface area contributed by atoms with Crippen molar-refractivity contribution in [3.05, 3.63) is 22.4 Å². The normalized spacial score (nSPS) is 15.1. The number of thiophene rings is 1. The molecule has 0 amide bonds. The van der Waals surface area contributed by atoms with Gasteiger partial charge in [-0.2, -0.15) is 11.3 Å². The molecule has 4 heteroatoms. The summed E-state index contributed by atoms with van der Waals surface area (Å²) in [7, 11) is 0. The lowest BCUT2D eigenvalue weighted by molar-refractivity contribution is -0.0223. The van der Waals surface area contributed by atoms with Gasteiger partial charge in [-0.3, -0.25) is 0 Å². The van der Waals surface area contributed by atoms with E-state index in [2.05, 4.69) is 23.8 Å². The van der Waals surface area contributed by atoms with Crippen LogP contribution in [-0.4, -0.2) is 25.4 Å². The molecular weight excluding hydrogens is 234 g/mol. The fourth-order valence-electron chi connectivity index (χ4n) is 1.58.